The van der Waals surface area contributed by atoms with E-state index in [2.05, 4.69) is 51.4 Å². The fourth-order valence-corrected chi connectivity index (χ4v) is 9.11. The number of rotatable bonds is 18. The van der Waals surface area contributed by atoms with Crippen molar-refractivity contribution in [1.29, 1.82) is 0 Å². The van der Waals surface area contributed by atoms with Gasteiger partial charge < -0.3 is 22.1 Å². The van der Waals surface area contributed by atoms with Crippen molar-refractivity contribution >= 4 is 106 Å². The highest BCUT2D eigenvalue weighted by atomic mass is 35.5. The first kappa shape index (κ1) is 45.8. The predicted octanol–water partition coefficient (Wildman–Crippen LogP) is 6.99. The summed E-state index contributed by atoms with van der Waals surface area (Å²) in [5, 5.41) is 43.0. The van der Waals surface area contributed by atoms with Gasteiger partial charge in [0.1, 0.15) is 20.0 Å². The van der Waals surface area contributed by atoms with Crippen molar-refractivity contribution in [2.24, 2.45) is 0 Å². The Labute approximate surface area is 371 Å². The van der Waals surface area contributed by atoms with Crippen LogP contribution in [0.2, 0.25) is 0 Å². The molecule has 2 amide bonds. The third kappa shape index (κ3) is 17.9. The number of aryl methyl sites for hydroxylation is 4. The lowest BCUT2D eigenvalue weighted by molar-refractivity contribution is -0.116. The Kier molecular flexibility index (Phi) is 19.4. The van der Waals surface area contributed by atoms with Crippen molar-refractivity contribution in [1.82, 2.24) is 40.8 Å². The number of nitrogens with two attached hydrogens (primary N) is 2. The van der Waals surface area contributed by atoms with Crippen LogP contribution in [0.3, 0.4) is 0 Å². The molecule has 312 valence electrons. The second kappa shape index (κ2) is 25.4. The third-order valence-electron chi connectivity index (χ3n) is 7.69. The second-order valence-electron chi connectivity index (χ2n) is 12.5. The Morgan fingerprint density at radius 2 is 0.867 bits per heavy atom. The van der Waals surface area contributed by atoms with Gasteiger partial charge in [0.2, 0.25) is 37.6 Å². The van der Waals surface area contributed by atoms with Crippen molar-refractivity contribution in [2.75, 3.05) is 33.6 Å². The number of benzene rings is 3. The number of hydrogen-bond acceptors (Lipinski definition) is 18. The van der Waals surface area contributed by atoms with E-state index in [-0.39, 0.29) is 17.1 Å². The fraction of sp³-hybridized carbons (Fsp3) is 0.256. The number of aromatic nitrogens is 8. The monoisotopic (exact) mass is 920 g/mol. The summed E-state index contributed by atoms with van der Waals surface area (Å²) >= 11 is 12.7. The van der Waals surface area contributed by atoms with Gasteiger partial charge in [0.15, 0.2) is 0 Å². The Hall–Kier alpha value is -5.25. The van der Waals surface area contributed by atoms with E-state index in [1.54, 1.807) is 0 Å². The van der Waals surface area contributed by atoms with E-state index in [0.29, 0.717) is 39.8 Å². The molecule has 21 heteroatoms. The molecule has 0 radical (unpaired) electrons. The molecular formula is C39H41ClN12O3S5. The maximum absolute atomic E-state index is 12.2. The van der Waals surface area contributed by atoms with Gasteiger partial charge in [-0.3, -0.25) is 14.4 Å². The molecule has 0 spiro atoms. The Morgan fingerprint density at radius 1 is 0.500 bits per heavy atom. The summed E-state index contributed by atoms with van der Waals surface area (Å²) in [7, 11) is 0. The number of amides is 2. The molecule has 4 aromatic heterocycles. The molecule has 0 aliphatic rings. The first-order valence-electron chi connectivity index (χ1n) is 18.4. The summed E-state index contributed by atoms with van der Waals surface area (Å²) in [4.78, 5) is 34.7. The van der Waals surface area contributed by atoms with Crippen molar-refractivity contribution < 1.29 is 14.4 Å². The van der Waals surface area contributed by atoms with Gasteiger partial charge in [0.25, 0.3) is 0 Å². The highest BCUT2D eigenvalue weighted by Gasteiger charge is 2.12. The Balaban J connectivity index is 0.000000208. The first-order valence-corrected chi connectivity index (χ1v) is 23.2. The largest absolute Gasteiger partial charge is 0.374 e. The van der Waals surface area contributed by atoms with Gasteiger partial charge in [-0.15, -0.1) is 40.8 Å². The zero-order valence-electron chi connectivity index (χ0n) is 32.1. The van der Waals surface area contributed by atoms with E-state index in [0.717, 1.165) is 80.3 Å². The predicted molar refractivity (Wildman–Crippen MR) is 244 cm³/mol. The SMILES string of the molecule is Nc1nnc(CCSCCc2nnc(N)s2)s1.O=C(Cc1ccccc1)Nc1nnc(CCCc2nnc(NC(=O)Cc3ccccc3)s2)s1.O=C(Cl)Cc1ccccc1. The van der Waals surface area contributed by atoms with Gasteiger partial charge in [-0.2, -0.15) is 11.8 Å². The average Bonchev–Trinajstić information content (AvgIpc) is 4.06. The summed E-state index contributed by atoms with van der Waals surface area (Å²) in [6.45, 7) is 0. The highest BCUT2D eigenvalue weighted by Crippen LogP contribution is 2.21. The molecule has 3 aromatic carbocycles. The number of nitrogens with zero attached hydrogens (tertiary/aromatic N) is 8. The number of anilines is 4. The second-order valence-corrected chi connectivity index (χ2v) is 18.4. The van der Waals surface area contributed by atoms with Crippen LogP contribution in [-0.4, -0.2) is 69.4 Å². The van der Waals surface area contributed by atoms with E-state index < -0.39 is 0 Å². The van der Waals surface area contributed by atoms with Gasteiger partial charge in [-0.1, -0.05) is 136 Å². The number of carbonyl (C=O) groups excluding carboxylic acids is 3. The lowest BCUT2D eigenvalue weighted by Gasteiger charge is -2.01. The first-order chi connectivity index (χ1) is 29.2. The zero-order chi connectivity index (χ0) is 42.4. The molecule has 0 unspecified atom stereocenters. The highest BCUT2D eigenvalue weighted by molar-refractivity contribution is 7.99. The van der Waals surface area contributed by atoms with Crippen LogP contribution in [0.5, 0.6) is 0 Å². The summed E-state index contributed by atoms with van der Waals surface area (Å²) in [5.74, 6) is 1.81. The number of halogens is 1. The van der Waals surface area contributed by atoms with Crippen LogP contribution < -0.4 is 22.1 Å². The normalized spacial score (nSPS) is 10.5. The van der Waals surface area contributed by atoms with Crippen molar-refractivity contribution in [3.05, 3.63) is 128 Å². The minimum Gasteiger partial charge on any atom is -0.374 e. The number of thioether (sulfide) groups is 1. The number of nitrogens with one attached hydrogen (secondary N) is 2. The molecule has 60 heavy (non-hydrogen) atoms. The van der Waals surface area contributed by atoms with E-state index in [4.69, 9.17) is 23.1 Å². The van der Waals surface area contributed by atoms with Gasteiger partial charge in [0, 0.05) is 32.1 Å². The molecule has 0 saturated heterocycles. The molecular weight excluding hydrogens is 880 g/mol. The topological polar surface area (TPSA) is 230 Å². The molecule has 4 heterocycles. The Bertz CT molecular complexity index is 2210. The van der Waals surface area contributed by atoms with Gasteiger partial charge in [-0.05, 0) is 46.2 Å². The summed E-state index contributed by atoms with van der Waals surface area (Å²) in [5.41, 5.74) is 13.9. The molecule has 0 bridgehead atoms. The number of nitrogen functional groups attached to an aromatic ring is 2. The molecule has 6 N–H and O–H groups in total. The van der Waals surface area contributed by atoms with E-state index in [1.807, 2.05) is 103 Å². The van der Waals surface area contributed by atoms with Crippen LogP contribution in [0.1, 0.15) is 43.1 Å². The maximum Gasteiger partial charge on any atom is 0.230 e. The summed E-state index contributed by atoms with van der Waals surface area (Å²) in [6.07, 6.45) is 5.02. The molecule has 0 aliphatic carbocycles. The van der Waals surface area contributed by atoms with E-state index >= 15 is 0 Å². The fourth-order valence-electron chi connectivity index (χ4n) is 5.00. The van der Waals surface area contributed by atoms with Gasteiger partial charge >= 0.3 is 0 Å². The van der Waals surface area contributed by atoms with Crippen LogP contribution in [-0.2, 0) is 59.3 Å². The van der Waals surface area contributed by atoms with Crippen molar-refractivity contribution in [3.63, 3.8) is 0 Å². The Morgan fingerprint density at radius 3 is 1.23 bits per heavy atom. The van der Waals surface area contributed by atoms with Crippen molar-refractivity contribution in [3.8, 4) is 0 Å². The molecule has 0 fully saturated rings. The lowest BCUT2D eigenvalue weighted by atomic mass is 10.1. The van der Waals surface area contributed by atoms with E-state index in [9.17, 15) is 14.4 Å². The molecule has 0 saturated carbocycles. The minimum absolute atomic E-state index is 0.111. The van der Waals surface area contributed by atoms with Gasteiger partial charge in [0.05, 0.1) is 12.8 Å². The average molecular weight is 922 g/mol. The molecule has 0 aliphatic heterocycles. The van der Waals surface area contributed by atoms with Crippen LogP contribution in [0.25, 0.3) is 0 Å². The molecule has 15 nitrogen and oxygen atoms in total. The minimum atomic E-state index is -0.314. The van der Waals surface area contributed by atoms with Crippen LogP contribution >= 0.6 is 68.7 Å². The molecule has 7 rings (SSSR count). The van der Waals surface area contributed by atoms with E-state index in [1.165, 1.54) is 45.3 Å². The van der Waals surface area contributed by atoms with Crippen LogP contribution in [0, 0.1) is 0 Å². The number of carbonyl (C=O) groups is 3. The lowest BCUT2D eigenvalue weighted by Crippen LogP contribution is -2.14. The third-order valence-corrected chi connectivity index (χ3v) is 12.2. The quantitative estimate of drug-likeness (QED) is 0.0502. The molecule has 7 aromatic rings. The maximum atomic E-state index is 12.2. The zero-order valence-corrected chi connectivity index (χ0v) is 36.9. The standard InChI is InChI=1S/C23H22N6O2S2.C8H7ClO.C8H12N6S3/c30-18(14-16-8-3-1-4-9-16)24-22-28-26-20(32-22)12-7-13-21-27-29-23(33-21)25-19(31)15-17-10-5-2-6-11-17;9-8(10)6-7-4-2-1-3-5-7;9-7-13-11-5(16-7)1-3-15-4-2-6-12-14-8(10)17-6/h1-6,8-11H,7,12-15H2,(H,24,28,30)(H,25,29,31);1-5H,6H2;1-4H2,(H2,9,13)(H2,10,14). The summed E-state index contributed by atoms with van der Waals surface area (Å²) < 4.78 is 0. The van der Waals surface area contributed by atoms with Crippen molar-refractivity contribution in [2.45, 2.75) is 51.4 Å². The van der Waals surface area contributed by atoms with Crippen LogP contribution in [0.15, 0.2) is 91.0 Å². The molecule has 0 atom stereocenters. The smallest absolute Gasteiger partial charge is 0.230 e. The van der Waals surface area contributed by atoms with Crippen LogP contribution in [0.4, 0.5) is 20.5 Å². The van der Waals surface area contributed by atoms with Gasteiger partial charge in [-0.25, -0.2) is 0 Å². The number of hydrogen-bond donors (Lipinski definition) is 4. The summed E-state index contributed by atoms with van der Waals surface area (Å²) in [6, 6.07) is 28.6.